The highest BCUT2D eigenvalue weighted by atomic mass is 16.5. The summed E-state index contributed by atoms with van der Waals surface area (Å²) in [6.45, 7) is 0.500. The molecule has 27 heavy (non-hydrogen) atoms. The van der Waals surface area contributed by atoms with E-state index in [-0.39, 0.29) is 18.0 Å². The van der Waals surface area contributed by atoms with Crippen molar-refractivity contribution in [3.63, 3.8) is 0 Å². The molecule has 0 saturated carbocycles. The molecule has 0 atom stereocenters. The van der Waals surface area contributed by atoms with E-state index >= 15 is 0 Å². The highest BCUT2D eigenvalue weighted by Gasteiger charge is 2.11. The van der Waals surface area contributed by atoms with E-state index in [1.807, 2.05) is 54.6 Å². The van der Waals surface area contributed by atoms with Crippen molar-refractivity contribution >= 4 is 22.3 Å². The maximum atomic E-state index is 12.3. The number of hydrogen-bond acceptors (Lipinski definition) is 4. The summed E-state index contributed by atoms with van der Waals surface area (Å²) in [6.07, 6.45) is 2.35. The number of Topliss-reactive ketones (excluding diaryl/α,β-unsaturated/α-hetero) is 1. The van der Waals surface area contributed by atoms with Gasteiger partial charge in [-0.05, 0) is 34.5 Å². The van der Waals surface area contributed by atoms with Crippen LogP contribution in [-0.2, 0) is 16.1 Å². The fraction of sp³-hybridized carbons (Fsp3) is 0.130. The Labute approximate surface area is 158 Å². The van der Waals surface area contributed by atoms with Crippen molar-refractivity contribution in [2.75, 3.05) is 7.11 Å². The minimum atomic E-state index is -0.286. The minimum absolute atomic E-state index is 0.177. The molecule has 0 aliphatic carbocycles. The van der Waals surface area contributed by atoms with Gasteiger partial charge in [0.05, 0.1) is 19.8 Å². The van der Waals surface area contributed by atoms with Crippen LogP contribution in [0, 0.1) is 0 Å². The average molecular weight is 360 g/mol. The number of methoxy groups -OCH3 is 1. The van der Waals surface area contributed by atoms with E-state index in [0.29, 0.717) is 12.2 Å². The summed E-state index contributed by atoms with van der Waals surface area (Å²) >= 11 is 0. The molecule has 0 N–H and O–H groups in total. The Balaban J connectivity index is 1.70. The minimum Gasteiger partial charge on any atom is -0.504 e. The van der Waals surface area contributed by atoms with E-state index < -0.39 is 0 Å². The molecule has 0 heterocycles. The van der Waals surface area contributed by atoms with E-state index in [2.05, 4.69) is 0 Å². The van der Waals surface area contributed by atoms with Gasteiger partial charge in [-0.15, -0.1) is 0 Å². The number of ketones is 2. The van der Waals surface area contributed by atoms with Crippen LogP contribution < -0.4 is 4.74 Å². The van der Waals surface area contributed by atoms with E-state index in [1.54, 1.807) is 12.1 Å². The van der Waals surface area contributed by atoms with Crippen molar-refractivity contribution in [1.82, 2.24) is 0 Å². The first-order chi connectivity index (χ1) is 13.2. The highest BCUT2D eigenvalue weighted by Crippen LogP contribution is 2.23. The van der Waals surface area contributed by atoms with Crippen LogP contribution in [0.3, 0.4) is 0 Å². The number of carbonyl (C=O) groups excluding carboxylic acids is 2. The van der Waals surface area contributed by atoms with Crippen molar-refractivity contribution in [1.29, 1.82) is 0 Å². The molecule has 0 fully saturated rings. The second kappa shape index (κ2) is 8.81. The Bertz CT molecular complexity index is 974. The topological polar surface area (TPSA) is 52.6 Å². The Morgan fingerprint density at radius 2 is 1.67 bits per heavy atom. The molecule has 0 spiro atoms. The third-order valence-corrected chi connectivity index (χ3v) is 4.11. The second-order valence-corrected chi connectivity index (χ2v) is 6.10. The average Bonchev–Trinajstić information content (AvgIpc) is 2.71. The van der Waals surface area contributed by atoms with Gasteiger partial charge >= 0.3 is 0 Å². The lowest BCUT2D eigenvalue weighted by atomic mass is 10.0. The van der Waals surface area contributed by atoms with Crippen LogP contribution in [0.1, 0.15) is 22.3 Å². The van der Waals surface area contributed by atoms with Crippen LogP contribution in [0.2, 0.25) is 0 Å². The lowest BCUT2D eigenvalue weighted by molar-refractivity contribution is -0.113. The van der Waals surface area contributed by atoms with Gasteiger partial charge in [-0.25, -0.2) is 0 Å². The summed E-state index contributed by atoms with van der Waals surface area (Å²) in [4.78, 5) is 23.9. The largest absolute Gasteiger partial charge is 0.504 e. The predicted octanol–water partition coefficient (Wildman–Crippen LogP) is 4.72. The van der Waals surface area contributed by atoms with E-state index in [1.165, 1.54) is 19.4 Å². The quantitative estimate of drug-likeness (QED) is 0.252. The first-order valence-corrected chi connectivity index (χ1v) is 8.61. The first-order valence-electron chi connectivity index (χ1n) is 8.61. The van der Waals surface area contributed by atoms with Crippen LogP contribution in [-0.4, -0.2) is 18.7 Å². The van der Waals surface area contributed by atoms with Gasteiger partial charge in [0.15, 0.2) is 11.6 Å². The Morgan fingerprint density at radius 3 is 2.44 bits per heavy atom. The molecule has 0 aliphatic heterocycles. The molecule has 0 amide bonds. The number of ether oxygens (including phenoxy) is 2. The van der Waals surface area contributed by atoms with Crippen molar-refractivity contribution in [2.24, 2.45) is 0 Å². The highest BCUT2D eigenvalue weighted by molar-refractivity contribution is 6.12. The number of rotatable bonds is 8. The van der Waals surface area contributed by atoms with Crippen LogP contribution >= 0.6 is 0 Å². The summed E-state index contributed by atoms with van der Waals surface area (Å²) in [6, 6.07) is 21.1. The number of carbonyl (C=O) groups is 2. The van der Waals surface area contributed by atoms with Gasteiger partial charge in [-0.3, -0.25) is 9.59 Å². The maximum absolute atomic E-state index is 12.3. The molecular formula is C23H20O4. The summed E-state index contributed by atoms with van der Waals surface area (Å²) in [7, 11) is 1.45. The monoisotopic (exact) mass is 360 g/mol. The molecule has 0 radical (unpaired) electrons. The number of benzene rings is 3. The molecule has 136 valence electrons. The molecule has 0 unspecified atom stereocenters. The van der Waals surface area contributed by atoms with Crippen LogP contribution in [0.25, 0.3) is 10.8 Å². The molecular weight excluding hydrogens is 340 g/mol. The first kappa shape index (κ1) is 18.4. The Morgan fingerprint density at radius 1 is 0.926 bits per heavy atom. The molecule has 4 nitrogen and oxygen atoms in total. The number of fused-ring (bicyclic) bond motifs is 1. The molecule has 0 aromatic heterocycles. The summed E-state index contributed by atoms with van der Waals surface area (Å²) in [5.41, 5.74) is 1.62. The maximum Gasteiger partial charge on any atom is 0.170 e. The van der Waals surface area contributed by atoms with Gasteiger partial charge < -0.3 is 9.47 Å². The van der Waals surface area contributed by atoms with Gasteiger partial charge in [0, 0.05) is 11.6 Å². The fourth-order valence-corrected chi connectivity index (χ4v) is 2.69. The molecule has 0 saturated heterocycles. The van der Waals surface area contributed by atoms with Gasteiger partial charge in [0.1, 0.15) is 12.4 Å². The van der Waals surface area contributed by atoms with E-state index in [0.717, 1.165) is 22.1 Å². The summed E-state index contributed by atoms with van der Waals surface area (Å²) in [5.74, 6) is 0.268. The fourth-order valence-electron chi connectivity index (χ4n) is 2.69. The van der Waals surface area contributed by atoms with E-state index in [9.17, 15) is 9.59 Å². The SMILES string of the molecule is COC=CC(=O)CC(=O)c1ccc2cc(OCc3ccccc3)ccc2c1. The third-order valence-electron chi connectivity index (χ3n) is 4.11. The molecule has 0 aliphatic rings. The smallest absolute Gasteiger partial charge is 0.170 e. The number of hydrogen-bond donors (Lipinski definition) is 0. The van der Waals surface area contributed by atoms with E-state index in [4.69, 9.17) is 9.47 Å². The zero-order valence-corrected chi connectivity index (χ0v) is 15.1. The van der Waals surface area contributed by atoms with Gasteiger partial charge in [-0.2, -0.15) is 0 Å². The molecule has 4 heteroatoms. The molecule has 0 bridgehead atoms. The molecule has 3 aromatic rings. The number of allylic oxidation sites excluding steroid dienone is 1. The van der Waals surface area contributed by atoms with Crippen LogP contribution in [0.15, 0.2) is 79.1 Å². The normalized spacial score (nSPS) is 10.9. The van der Waals surface area contributed by atoms with Crippen LogP contribution in [0.4, 0.5) is 0 Å². The van der Waals surface area contributed by atoms with Crippen LogP contribution in [0.5, 0.6) is 5.75 Å². The van der Waals surface area contributed by atoms with Crippen molar-refractivity contribution in [3.05, 3.63) is 90.2 Å². The Kier molecular flexibility index (Phi) is 6.00. The molecule has 3 aromatic carbocycles. The zero-order valence-electron chi connectivity index (χ0n) is 15.1. The Hall–Kier alpha value is -3.40. The molecule has 3 rings (SSSR count). The van der Waals surface area contributed by atoms with Gasteiger partial charge in [0.2, 0.25) is 0 Å². The van der Waals surface area contributed by atoms with Crippen molar-refractivity contribution < 1.29 is 19.1 Å². The van der Waals surface area contributed by atoms with Crippen molar-refractivity contribution in [2.45, 2.75) is 13.0 Å². The van der Waals surface area contributed by atoms with Gasteiger partial charge in [0.25, 0.3) is 0 Å². The third kappa shape index (κ3) is 5.05. The summed E-state index contributed by atoms with van der Waals surface area (Å²) < 4.78 is 10.5. The van der Waals surface area contributed by atoms with Gasteiger partial charge in [-0.1, -0.05) is 48.5 Å². The zero-order chi connectivity index (χ0) is 19.1. The van der Waals surface area contributed by atoms with Crippen molar-refractivity contribution in [3.8, 4) is 5.75 Å². The lowest BCUT2D eigenvalue weighted by Crippen LogP contribution is -2.06. The standard InChI is InChI=1S/C23H20O4/c1-26-12-11-21(24)15-23(25)20-8-7-19-14-22(10-9-18(19)13-20)27-16-17-5-3-2-4-6-17/h2-14H,15-16H2,1H3. The summed E-state index contributed by atoms with van der Waals surface area (Å²) in [5, 5.41) is 1.90. The second-order valence-electron chi connectivity index (χ2n) is 6.10. The predicted molar refractivity (Wildman–Crippen MR) is 105 cm³/mol. The lowest BCUT2D eigenvalue weighted by Gasteiger charge is -2.08.